The minimum atomic E-state index is -0.385. The van der Waals surface area contributed by atoms with Crippen molar-refractivity contribution in [3.63, 3.8) is 0 Å². The second-order valence-corrected chi connectivity index (χ2v) is 3.72. The molecule has 0 spiro atoms. The molecule has 0 amide bonds. The predicted octanol–water partition coefficient (Wildman–Crippen LogP) is 2.83. The molecule has 82 valence electrons. The zero-order valence-electron chi connectivity index (χ0n) is 9.18. The minimum Gasteiger partial charge on any atom is -0.259 e. The van der Waals surface area contributed by atoms with Crippen molar-refractivity contribution in [2.45, 2.75) is 13.8 Å². The van der Waals surface area contributed by atoms with Gasteiger partial charge in [0.2, 0.25) is 5.70 Å². The highest BCUT2D eigenvalue weighted by Crippen LogP contribution is 2.16. The van der Waals surface area contributed by atoms with E-state index in [0.717, 1.165) is 0 Å². The van der Waals surface area contributed by atoms with E-state index >= 15 is 0 Å². The van der Waals surface area contributed by atoms with Crippen LogP contribution in [0.1, 0.15) is 25.0 Å². The molecule has 0 saturated carbocycles. The molecule has 0 unspecified atom stereocenters. The summed E-state index contributed by atoms with van der Waals surface area (Å²) < 4.78 is 0. The van der Waals surface area contributed by atoms with Crippen LogP contribution in [0.3, 0.4) is 0 Å². The zero-order chi connectivity index (χ0) is 12.1. The Labute approximate surface area is 94.0 Å². The van der Waals surface area contributed by atoms with E-state index in [-0.39, 0.29) is 16.5 Å². The largest absolute Gasteiger partial charge is 0.259 e. The Morgan fingerprint density at radius 2 is 2.25 bits per heavy atom. The molecule has 4 heteroatoms. The van der Waals surface area contributed by atoms with Crippen LogP contribution in [0.2, 0.25) is 0 Å². The van der Waals surface area contributed by atoms with Crippen molar-refractivity contribution in [2.75, 3.05) is 0 Å². The minimum absolute atomic E-state index is 0.148. The quantitative estimate of drug-likeness (QED) is 0.576. The van der Waals surface area contributed by atoms with Gasteiger partial charge in [0.05, 0.1) is 16.6 Å². The molecule has 0 radical (unpaired) electrons. The van der Waals surface area contributed by atoms with Crippen molar-refractivity contribution in [2.24, 2.45) is 5.92 Å². The summed E-state index contributed by atoms with van der Waals surface area (Å²) in [6, 6.07) is 8.75. The van der Waals surface area contributed by atoms with Gasteiger partial charge in [-0.15, -0.1) is 0 Å². The lowest BCUT2D eigenvalue weighted by Crippen LogP contribution is -2.05. The van der Waals surface area contributed by atoms with Crippen LogP contribution in [0, 0.1) is 27.4 Å². The molecule has 1 aromatic carbocycles. The highest BCUT2D eigenvalue weighted by molar-refractivity contribution is 5.53. The molecular weight excluding hydrogens is 204 g/mol. The lowest BCUT2D eigenvalue weighted by molar-refractivity contribution is -0.431. The Morgan fingerprint density at radius 3 is 2.75 bits per heavy atom. The van der Waals surface area contributed by atoms with Crippen LogP contribution in [-0.2, 0) is 0 Å². The summed E-state index contributed by atoms with van der Waals surface area (Å²) in [5.41, 5.74) is 1.33. The number of benzene rings is 1. The molecule has 0 N–H and O–H groups in total. The van der Waals surface area contributed by atoms with E-state index in [2.05, 4.69) is 0 Å². The SMILES string of the molecule is CC(C)/C(=C/c1cccc(C#N)c1)[N+](=O)[O-]. The van der Waals surface area contributed by atoms with Crippen LogP contribution in [0.4, 0.5) is 0 Å². The van der Waals surface area contributed by atoms with Crippen LogP contribution < -0.4 is 0 Å². The average Bonchev–Trinajstić information content (AvgIpc) is 2.25. The van der Waals surface area contributed by atoms with E-state index in [1.54, 1.807) is 38.1 Å². The molecule has 1 aromatic rings. The number of allylic oxidation sites excluding steroid dienone is 1. The number of nitrogens with zero attached hydrogens (tertiary/aromatic N) is 2. The van der Waals surface area contributed by atoms with Gasteiger partial charge in [-0.05, 0) is 17.7 Å². The van der Waals surface area contributed by atoms with Gasteiger partial charge >= 0.3 is 0 Å². The Kier molecular flexibility index (Phi) is 3.78. The summed E-state index contributed by atoms with van der Waals surface area (Å²) in [6.45, 7) is 3.53. The Bertz CT molecular complexity index is 470. The zero-order valence-corrected chi connectivity index (χ0v) is 9.18. The van der Waals surface area contributed by atoms with Crippen molar-refractivity contribution in [3.05, 3.63) is 51.2 Å². The summed E-state index contributed by atoms with van der Waals surface area (Å²) in [7, 11) is 0. The molecule has 0 atom stereocenters. The number of rotatable bonds is 3. The smallest absolute Gasteiger partial charge is 0.249 e. The van der Waals surface area contributed by atoms with Crippen molar-refractivity contribution < 1.29 is 4.92 Å². The molecule has 0 heterocycles. The first-order chi connectivity index (χ1) is 7.54. The summed E-state index contributed by atoms with van der Waals surface area (Å²) in [5, 5.41) is 19.5. The monoisotopic (exact) mass is 216 g/mol. The number of hydrogen-bond donors (Lipinski definition) is 0. The molecule has 0 fully saturated rings. The lowest BCUT2D eigenvalue weighted by atomic mass is 10.1. The average molecular weight is 216 g/mol. The maximum absolute atomic E-state index is 10.8. The standard InChI is InChI=1S/C12H12N2O2/c1-9(2)12(14(15)16)7-10-4-3-5-11(6-10)8-13/h3-7,9H,1-2H3/b12-7-. The third kappa shape index (κ3) is 2.92. The molecule has 16 heavy (non-hydrogen) atoms. The Balaban J connectivity index is 3.14. The third-order valence-corrected chi connectivity index (χ3v) is 2.13. The van der Waals surface area contributed by atoms with E-state index in [0.29, 0.717) is 11.1 Å². The molecule has 0 aliphatic carbocycles. The van der Waals surface area contributed by atoms with Gasteiger partial charge in [-0.1, -0.05) is 26.0 Å². The molecule has 0 bridgehead atoms. The summed E-state index contributed by atoms with van der Waals surface area (Å²) in [4.78, 5) is 10.4. The van der Waals surface area contributed by atoms with Gasteiger partial charge in [-0.3, -0.25) is 10.1 Å². The van der Waals surface area contributed by atoms with E-state index in [9.17, 15) is 10.1 Å². The fraction of sp³-hybridized carbons (Fsp3) is 0.250. The van der Waals surface area contributed by atoms with Gasteiger partial charge in [0, 0.05) is 12.0 Å². The topological polar surface area (TPSA) is 66.9 Å². The van der Waals surface area contributed by atoms with Crippen molar-refractivity contribution in [1.82, 2.24) is 0 Å². The summed E-state index contributed by atoms with van der Waals surface area (Å²) in [5.74, 6) is -0.152. The fourth-order valence-corrected chi connectivity index (χ4v) is 1.30. The van der Waals surface area contributed by atoms with Crippen LogP contribution in [0.15, 0.2) is 30.0 Å². The first-order valence-corrected chi connectivity index (χ1v) is 4.90. The van der Waals surface area contributed by atoms with Crippen molar-refractivity contribution >= 4 is 6.08 Å². The Hall–Kier alpha value is -2.15. The van der Waals surface area contributed by atoms with Gasteiger partial charge in [-0.25, -0.2) is 0 Å². The predicted molar refractivity (Wildman–Crippen MR) is 61.0 cm³/mol. The first kappa shape index (κ1) is 11.9. The first-order valence-electron chi connectivity index (χ1n) is 4.90. The van der Waals surface area contributed by atoms with Crippen molar-refractivity contribution in [1.29, 1.82) is 5.26 Å². The molecule has 0 aliphatic rings. The molecule has 0 aliphatic heterocycles. The van der Waals surface area contributed by atoms with Crippen LogP contribution in [0.25, 0.3) is 6.08 Å². The Morgan fingerprint density at radius 1 is 1.56 bits per heavy atom. The highest BCUT2D eigenvalue weighted by Gasteiger charge is 2.15. The van der Waals surface area contributed by atoms with Gasteiger partial charge in [0.15, 0.2) is 0 Å². The highest BCUT2D eigenvalue weighted by atomic mass is 16.6. The van der Waals surface area contributed by atoms with E-state index in [1.807, 2.05) is 6.07 Å². The van der Waals surface area contributed by atoms with Gasteiger partial charge in [-0.2, -0.15) is 5.26 Å². The van der Waals surface area contributed by atoms with Gasteiger partial charge in [0.25, 0.3) is 0 Å². The van der Waals surface area contributed by atoms with Gasteiger partial charge in [0.1, 0.15) is 0 Å². The number of hydrogen-bond acceptors (Lipinski definition) is 3. The van der Waals surface area contributed by atoms with Crippen molar-refractivity contribution in [3.8, 4) is 6.07 Å². The van der Waals surface area contributed by atoms with Crippen LogP contribution in [-0.4, -0.2) is 4.92 Å². The van der Waals surface area contributed by atoms with Crippen LogP contribution in [0.5, 0.6) is 0 Å². The second-order valence-electron chi connectivity index (χ2n) is 3.72. The molecule has 4 nitrogen and oxygen atoms in total. The van der Waals surface area contributed by atoms with Gasteiger partial charge < -0.3 is 0 Å². The molecular formula is C12H12N2O2. The van der Waals surface area contributed by atoms with Crippen LogP contribution >= 0.6 is 0 Å². The summed E-state index contributed by atoms with van der Waals surface area (Å²) in [6.07, 6.45) is 1.51. The fourth-order valence-electron chi connectivity index (χ4n) is 1.30. The maximum Gasteiger partial charge on any atom is 0.249 e. The molecule has 0 aromatic heterocycles. The molecule has 0 saturated heterocycles. The molecule has 1 rings (SSSR count). The number of nitro groups is 1. The van der Waals surface area contributed by atoms with E-state index in [4.69, 9.17) is 5.26 Å². The van der Waals surface area contributed by atoms with E-state index < -0.39 is 0 Å². The third-order valence-electron chi connectivity index (χ3n) is 2.13. The lowest BCUT2D eigenvalue weighted by Gasteiger charge is -2.01. The number of nitriles is 1. The normalized spacial score (nSPS) is 11.2. The maximum atomic E-state index is 10.8. The summed E-state index contributed by atoms with van der Waals surface area (Å²) >= 11 is 0. The van der Waals surface area contributed by atoms with E-state index in [1.165, 1.54) is 6.08 Å². The second kappa shape index (κ2) is 5.08.